The van der Waals surface area contributed by atoms with E-state index in [1.807, 2.05) is 80.6 Å². The molecule has 0 bridgehead atoms. The third-order valence-electron chi connectivity index (χ3n) is 11.6. The Labute approximate surface area is 296 Å². The highest BCUT2D eigenvalue weighted by Gasteiger charge is 2.70. The third kappa shape index (κ3) is 4.49. The number of imide groups is 2. The zero-order valence-corrected chi connectivity index (χ0v) is 28.9. The maximum Gasteiger partial charge on any atom is 0.246 e. The molecule has 0 spiro atoms. The van der Waals surface area contributed by atoms with Crippen molar-refractivity contribution in [1.82, 2.24) is 0 Å². The summed E-state index contributed by atoms with van der Waals surface area (Å²) in [6.07, 6.45) is 3.46. The molecule has 1 N–H and O–H groups in total. The molecule has 4 aromatic carbocycles. The Balaban J connectivity index is 1.35. The van der Waals surface area contributed by atoms with Gasteiger partial charge in [-0.3, -0.25) is 24.1 Å². The molecule has 2 aliphatic carbocycles. The highest BCUT2D eigenvalue weighted by atomic mass is 35.5. The fourth-order valence-corrected chi connectivity index (χ4v) is 9.59. The van der Waals surface area contributed by atoms with E-state index in [0.717, 1.165) is 23.1 Å². The third-order valence-corrected chi connectivity index (χ3v) is 11.9. The molecule has 8 rings (SSSR count). The predicted molar refractivity (Wildman–Crippen MR) is 192 cm³/mol. The first-order valence-corrected chi connectivity index (χ1v) is 17.6. The largest absolute Gasteiger partial charge is 0.507 e. The molecule has 6 atom stereocenters. The van der Waals surface area contributed by atoms with Crippen molar-refractivity contribution >= 4 is 46.6 Å². The zero-order valence-electron chi connectivity index (χ0n) is 28.1. The number of carbonyl (C=O) groups is 4. The molecule has 0 aromatic heterocycles. The fourth-order valence-electron chi connectivity index (χ4n) is 9.41. The molecule has 6 unspecified atom stereocenters. The Morgan fingerprint density at radius 1 is 0.780 bits per heavy atom. The van der Waals surface area contributed by atoms with E-state index < -0.39 is 35.0 Å². The minimum Gasteiger partial charge on any atom is -0.507 e. The van der Waals surface area contributed by atoms with E-state index in [1.54, 1.807) is 24.3 Å². The van der Waals surface area contributed by atoms with Crippen LogP contribution in [-0.2, 0) is 31.0 Å². The van der Waals surface area contributed by atoms with Gasteiger partial charge in [-0.1, -0.05) is 90.8 Å². The Kier molecular flexibility index (Phi) is 7.60. The van der Waals surface area contributed by atoms with Crippen LogP contribution in [0.2, 0.25) is 5.02 Å². The molecule has 4 aromatic rings. The molecular weight excluding hydrogens is 648 g/mol. The molecule has 7 nitrogen and oxygen atoms in total. The van der Waals surface area contributed by atoms with E-state index in [4.69, 9.17) is 11.6 Å². The summed E-state index contributed by atoms with van der Waals surface area (Å²) < 4.78 is 0. The topological polar surface area (TPSA) is 95.0 Å². The summed E-state index contributed by atoms with van der Waals surface area (Å²) in [6, 6.07) is 27.5. The SMILES string of the molecule is CCc1ccc(N2C(=O)C3CC=C4C(CC5C(=O)N(c6cccc(Cl)c6)C(=O)C5(c5ccccc5)C4c4cc(C)c(O)c(C)c4)C3C2=O)cc1. The summed E-state index contributed by atoms with van der Waals surface area (Å²) in [7, 11) is 0. The van der Waals surface area contributed by atoms with Gasteiger partial charge in [0.2, 0.25) is 23.6 Å². The molecule has 4 amide bonds. The molecule has 4 aliphatic rings. The number of fused-ring (bicyclic) bond motifs is 4. The van der Waals surface area contributed by atoms with Gasteiger partial charge in [0.15, 0.2) is 0 Å². The highest BCUT2D eigenvalue weighted by molar-refractivity contribution is 6.32. The van der Waals surface area contributed by atoms with E-state index in [0.29, 0.717) is 39.5 Å². The number of allylic oxidation sites excluding steroid dienone is 2. The molecular formula is C42H37ClN2O5. The van der Waals surface area contributed by atoms with Gasteiger partial charge in [-0.05, 0) is 97.2 Å². The minimum absolute atomic E-state index is 0.166. The second-order valence-corrected chi connectivity index (χ2v) is 14.6. The van der Waals surface area contributed by atoms with Crippen LogP contribution in [0.15, 0.2) is 103 Å². The molecule has 2 heterocycles. The lowest BCUT2D eigenvalue weighted by Crippen LogP contribution is -2.53. The number of aryl methyl sites for hydroxylation is 3. The Morgan fingerprint density at radius 2 is 1.48 bits per heavy atom. The van der Waals surface area contributed by atoms with Crippen molar-refractivity contribution in [3.05, 3.63) is 135 Å². The quantitative estimate of drug-likeness (QED) is 0.173. The highest BCUT2D eigenvalue weighted by Crippen LogP contribution is 2.64. The van der Waals surface area contributed by atoms with Crippen LogP contribution in [0, 0.1) is 37.5 Å². The van der Waals surface area contributed by atoms with Crippen molar-refractivity contribution in [2.75, 3.05) is 9.80 Å². The first kappa shape index (κ1) is 32.2. The monoisotopic (exact) mass is 684 g/mol. The van der Waals surface area contributed by atoms with Crippen molar-refractivity contribution < 1.29 is 24.3 Å². The van der Waals surface area contributed by atoms with Crippen LogP contribution in [0.5, 0.6) is 5.75 Å². The standard InChI is InChI=1S/C42H37ClN2O5/c1-4-25-13-15-29(16-14-25)44-38(47)32-18-17-31-33(35(32)40(44)49)22-34-39(48)45(30-12-8-11-28(43)21-30)41(50)42(34,27-9-6-5-7-10-27)36(31)26-19-23(2)37(46)24(3)20-26/h5-17,19-21,32-36,46H,4,18,22H2,1-3H3. The van der Waals surface area contributed by atoms with Crippen LogP contribution in [-0.4, -0.2) is 28.7 Å². The normalized spacial score (nSPS) is 27.3. The van der Waals surface area contributed by atoms with E-state index in [1.165, 1.54) is 9.80 Å². The lowest BCUT2D eigenvalue weighted by atomic mass is 9.49. The molecule has 1 saturated carbocycles. The van der Waals surface area contributed by atoms with Gasteiger partial charge in [-0.2, -0.15) is 0 Å². The van der Waals surface area contributed by atoms with Gasteiger partial charge < -0.3 is 5.11 Å². The number of aromatic hydroxyl groups is 1. The number of hydrogen-bond donors (Lipinski definition) is 1. The number of phenols is 1. The van der Waals surface area contributed by atoms with Crippen LogP contribution >= 0.6 is 11.6 Å². The first-order valence-electron chi connectivity index (χ1n) is 17.2. The number of nitrogens with zero attached hydrogens (tertiary/aromatic N) is 2. The summed E-state index contributed by atoms with van der Waals surface area (Å²) in [5.74, 6) is -4.30. The van der Waals surface area contributed by atoms with Crippen molar-refractivity contribution in [1.29, 1.82) is 0 Å². The number of anilines is 2. The van der Waals surface area contributed by atoms with Crippen LogP contribution in [0.3, 0.4) is 0 Å². The van der Waals surface area contributed by atoms with Crippen LogP contribution in [0.4, 0.5) is 11.4 Å². The van der Waals surface area contributed by atoms with Crippen molar-refractivity contribution in [2.24, 2.45) is 23.7 Å². The average Bonchev–Trinajstić information content (AvgIpc) is 3.51. The summed E-state index contributed by atoms with van der Waals surface area (Å²) in [6.45, 7) is 5.70. The lowest BCUT2D eigenvalue weighted by molar-refractivity contribution is -0.127. The maximum atomic E-state index is 15.4. The van der Waals surface area contributed by atoms with Crippen LogP contribution in [0.1, 0.15) is 53.5 Å². The van der Waals surface area contributed by atoms with Crippen LogP contribution < -0.4 is 9.80 Å². The smallest absolute Gasteiger partial charge is 0.246 e. The van der Waals surface area contributed by atoms with Crippen molar-refractivity contribution in [2.45, 2.75) is 51.4 Å². The Morgan fingerprint density at radius 3 is 2.14 bits per heavy atom. The van der Waals surface area contributed by atoms with E-state index in [2.05, 4.69) is 13.0 Å². The van der Waals surface area contributed by atoms with Gasteiger partial charge in [0, 0.05) is 10.9 Å². The Hall–Kier alpha value is -5.01. The zero-order chi connectivity index (χ0) is 35.1. The summed E-state index contributed by atoms with van der Waals surface area (Å²) in [5, 5.41) is 11.3. The van der Waals surface area contributed by atoms with Crippen molar-refractivity contribution in [3.63, 3.8) is 0 Å². The first-order chi connectivity index (χ1) is 24.1. The minimum atomic E-state index is -1.37. The summed E-state index contributed by atoms with van der Waals surface area (Å²) in [4.78, 5) is 61.5. The average molecular weight is 685 g/mol. The number of hydrogen-bond acceptors (Lipinski definition) is 5. The number of phenolic OH excluding ortho intramolecular Hbond substituents is 1. The van der Waals surface area contributed by atoms with Gasteiger partial charge >= 0.3 is 0 Å². The summed E-state index contributed by atoms with van der Waals surface area (Å²) in [5.41, 5.74) is 4.33. The van der Waals surface area contributed by atoms with Gasteiger partial charge in [-0.15, -0.1) is 0 Å². The lowest BCUT2D eigenvalue weighted by Gasteiger charge is -2.51. The molecule has 2 saturated heterocycles. The number of carbonyl (C=O) groups excluding carboxylic acids is 4. The van der Waals surface area contributed by atoms with Gasteiger partial charge in [-0.25, -0.2) is 4.90 Å². The number of rotatable bonds is 5. The maximum absolute atomic E-state index is 15.4. The van der Waals surface area contributed by atoms with E-state index >= 15 is 4.79 Å². The molecule has 2 aliphatic heterocycles. The predicted octanol–water partition coefficient (Wildman–Crippen LogP) is 7.59. The molecule has 3 fully saturated rings. The number of amides is 4. The van der Waals surface area contributed by atoms with Gasteiger partial charge in [0.05, 0.1) is 34.5 Å². The van der Waals surface area contributed by atoms with E-state index in [9.17, 15) is 19.5 Å². The van der Waals surface area contributed by atoms with Crippen LogP contribution in [0.25, 0.3) is 0 Å². The Bertz CT molecular complexity index is 2100. The second-order valence-electron chi connectivity index (χ2n) is 14.1. The number of benzene rings is 4. The molecule has 50 heavy (non-hydrogen) atoms. The number of halogens is 1. The second kappa shape index (κ2) is 11.8. The van der Waals surface area contributed by atoms with Gasteiger partial charge in [0.1, 0.15) is 5.75 Å². The van der Waals surface area contributed by atoms with E-state index in [-0.39, 0.29) is 35.8 Å². The molecule has 252 valence electrons. The fraction of sp³-hybridized carbons (Fsp3) is 0.286. The summed E-state index contributed by atoms with van der Waals surface area (Å²) >= 11 is 6.41. The van der Waals surface area contributed by atoms with Crippen molar-refractivity contribution in [3.8, 4) is 5.75 Å². The molecule has 0 radical (unpaired) electrons. The van der Waals surface area contributed by atoms with Gasteiger partial charge in [0.25, 0.3) is 0 Å². The molecule has 8 heteroatoms.